The van der Waals surface area contributed by atoms with Crippen LogP contribution in [0.3, 0.4) is 0 Å². The van der Waals surface area contributed by atoms with Gasteiger partial charge in [0.1, 0.15) is 5.75 Å². The van der Waals surface area contributed by atoms with Gasteiger partial charge in [0.25, 0.3) is 0 Å². The Kier molecular flexibility index (Phi) is 4.31. The molecule has 5 nitrogen and oxygen atoms in total. The minimum atomic E-state index is 0.0106. The quantitative estimate of drug-likeness (QED) is 0.945. The van der Waals surface area contributed by atoms with Crippen LogP contribution in [0.1, 0.15) is 26.5 Å². The van der Waals surface area contributed by atoms with Crippen LogP contribution in [0, 0.1) is 0 Å². The highest BCUT2D eigenvalue weighted by Gasteiger charge is 2.28. The van der Waals surface area contributed by atoms with Gasteiger partial charge in [-0.05, 0) is 24.3 Å². The van der Waals surface area contributed by atoms with E-state index in [9.17, 15) is 0 Å². The molecule has 0 spiro atoms. The molecular formula is C18H26N4O. The number of nitrogens with zero attached hydrogens (tertiary/aromatic N) is 3. The van der Waals surface area contributed by atoms with Gasteiger partial charge in [-0.25, -0.2) is 4.68 Å². The van der Waals surface area contributed by atoms with Gasteiger partial charge < -0.3 is 15.0 Å². The zero-order chi connectivity index (χ0) is 16.4. The number of aromatic nitrogens is 2. The van der Waals surface area contributed by atoms with Crippen LogP contribution in [0.4, 0.5) is 5.69 Å². The number of anilines is 1. The molecule has 1 aliphatic heterocycles. The molecule has 3 rings (SSSR count). The Morgan fingerprint density at radius 3 is 2.30 bits per heavy atom. The third-order valence-corrected chi connectivity index (χ3v) is 4.23. The summed E-state index contributed by atoms with van der Waals surface area (Å²) in [6, 6.07) is 8.08. The Hall–Kier alpha value is -2.01. The van der Waals surface area contributed by atoms with Crippen molar-refractivity contribution in [1.29, 1.82) is 0 Å². The lowest BCUT2D eigenvalue weighted by Gasteiger charge is -2.32. The number of nitrogens with one attached hydrogen (secondary N) is 1. The first-order valence-electron chi connectivity index (χ1n) is 8.19. The highest BCUT2D eigenvalue weighted by molar-refractivity contribution is 5.56. The summed E-state index contributed by atoms with van der Waals surface area (Å²) in [6.45, 7) is 10.8. The molecule has 1 aromatic carbocycles. The smallest absolute Gasteiger partial charge is 0.119 e. The topological polar surface area (TPSA) is 42.3 Å². The summed E-state index contributed by atoms with van der Waals surface area (Å²) in [5.74, 6) is 0.862. The molecule has 0 aliphatic carbocycles. The normalized spacial score (nSPS) is 15.7. The molecule has 1 fully saturated rings. The van der Waals surface area contributed by atoms with Crippen LogP contribution in [0.25, 0.3) is 5.69 Å². The minimum absolute atomic E-state index is 0.0106. The molecule has 0 unspecified atom stereocenters. The summed E-state index contributed by atoms with van der Waals surface area (Å²) in [5, 5.41) is 8.11. The fourth-order valence-electron chi connectivity index (χ4n) is 3.10. The van der Waals surface area contributed by atoms with Gasteiger partial charge >= 0.3 is 0 Å². The first-order chi connectivity index (χ1) is 11.0. The van der Waals surface area contributed by atoms with Crippen LogP contribution < -0.4 is 15.0 Å². The van der Waals surface area contributed by atoms with Crippen LogP contribution in [0.5, 0.6) is 5.75 Å². The second kappa shape index (κ2) is 6.24. The third-order valence-electron chi connectivity index (χ3n) is 4.23. The van der Waals surface area contributed by atoms with Crippen LogP contribution in [-0.2, 0) is 5.41 Å². The van der Waals surface area contributed by atoms with E-state index in [0.717, 1.165) is 37.6 Å². The van der Waals surface area contributed by atoms with E-state index in [0.29, 0.717) is 0 Å². The maximum atomic E-state index is 5.26. The highest BCUT2D eigenvalue weighted by atomic mass is 16.5. The van der Waals surface area contributed by atoms with Crippen molar-refractivity contribution in [3.8, 4) is 11.4 Å². The number of rotatable bonds is 3. The van der Waals surface area contributed by atoms with E-state index in [1.165, 1.54) is 11.4 Å². The number of hydrogen-bond donors (Lipinski definition) is 1. The summed E-state index contributed by atoms with van der Waals surface area (Å²) in [5.41, 5.74) is 3.58. The van der Waals surface area contributed by atoms with E-state index in [2.05, 4.69) is 47.8 Å². The molecule has 0 amide bonds. The second-order valence-electron chi connectivity index (χ2n) is 6.98. The average Bonchev–Trinajstić information content (AvgIpc) is 3.01. The first-order valence-corrected chi connectivity index (χ1v) is 8.19. The van der Waals surface area contributed by atoms with Crippen molar-refractivity contribution in [1.82, 2.24) is 15.1 Å². The molecule has 5 heteroatoms. The van der Waals surface area contributed by atoms with Crippen molar-refractivity contribution in [2.75, 3.05) is 38.2 Å². The summed E-state index contributed by atoms with van der Waals surface area (Å²) in [7, 11) is 1.69. The third kappa shape index (κ3) is 3.20. The van der Waals surface area contributed by atoms with Crippen LogP contribution in [0.15, 0.2) is 30.5 Å². The van der Waals surface area contributed by atoms with Crippen molar-refractivity contribution in [3.05, 3.63) is 36.2 Å². The summed E-state index contributed by atoms with van der Waals surface area (Å²) in [6.07, 6.45) is 2.01. The number of methoxy groups -OCH3 is 1. The predicted molar refractivity (Wildman–Crippen MR) is 93.9 cm³/mol. The lowest BCUT2D eigenvalue weighted by molar-refractivity contribution is 0.414. The van der Waals surface area contributed by atoms with Crippen LogP contribution >= 0.6 is 0 Å². The fraction of sp³-hybridized carbons (Fsp3) is 0.500. The monoisotopic (exact) mass is 314 g/mol. The van der Waals surface area contributed by atoms with Crippen molar-refractivity contribution in [2.45, 2.75) is 26.2 Å². The molecule has 124 valence electrons. The van der Waals surface area contributed by atoms with E-state index in [4.69, 9.17) is 9.84 Å². The Labute approximate surface area is 138 Å². The number of benzene rings is 1. The fourth-order valence-corrected chi connectivity index (χ4v) is 3.10. The van der Waals surface area contributed by atoms with Gasteiger partial charge in [0, 0.05) is 31.6 Å². The summed E-state index contributed by atoms with van der Waals surface area (Å²) >= 11 is 0. The average molecular weight is 314 g/mol. The van der Waals surface area contributed by atoms with Crippen molar-refractivity contribution < 1.29 is 4.74 Å². The van der Waals surface area contributed by atoms with Gasteiger partial charge in [-0.15, -0.1) is 0 Å². The van der Waals surface area contributed by atoms with Crippen molar-refractivity contribution >= 4 is 5.69 Å². The lowest BCUT2D eigenvalue weighted by Crippen LogP contribution is -2.44. The Morgan fingerprint density at radius 1 is 1.09 bits per heavy atom. The van der Waals surface area contributed by atoms with Crippen molar-refractivity contribution in [2.24, 2.45) is 0 Å². The van der Waals surface area contributed by atoms with Crippen LogP contribution in [0.2, 0.25) is 0 Å². The van der Waals surface area contributed by atoms with Crippen molar-refractivity contribution in [3.63, 3.8) is 0 Å². The predicted octanol–water partition coefficient (Wildman–Crippen LogP) is 2.59. The van der Waals surface area contributed by atoms with E-state index in [-0.39, 0.29) is 5.41 Å². The molecule has 0 radical (unpaired) electrons. The summed E-state index contributed by atoms with van der Waals surface area (Å²) < 4.78 is 7.32. The van der Waals surface area contributed by atoms with Gasteiger partial charge in [-0.1, -0.05) is 20.8 Å². The molecule has 0 bridgehead atoms. The molecule has 1 saturated heterocycles. The van der Waals surface area contributed by atoms with Gasteiger partial charge in [-0.2, -0.15) is 5.10 Å². The lowest BCUT2D eigenvalue weighted by atomic mass is 9.90. The zero-order valence-electron chi connectivity index (χ0n) is 14.5. The van der Waals surface area contributed by atoms with E-state index < -0.39 is 0 Å². The molecular weight excluding hydrogens is 288 g/mol. The molecule has 1 aromatic heterocycles. The Morgan fingerprint density at radius 2 is 1.74 bits per heavy atom. The van der Waals surface area contributed by atoms with E-state index >= 15 is 0 Å². The minimum Gasteiger partial charge on any atom is -0.497 e. The van der Waals surface area contributed by atoms with Gasteiger partial charge in [0.15, 0.2) is 0 Å². The number of ether oxygens (including phenoxy) is 1. The highest BCUT2D eigenvalue weighted by Crippen LogP contribution is 2.34. The largest absolute Gasteiger partial charge is 0.497 e. The SMILES string of the molecule is COc1ccc(-n2ncc(N3CCNCC3)c2C(C)(C)C)cc1. The summed E-state index contributed by atoms with van der Waals surface area (Å²) in [4.78, 5) is 2.43. The van der Waals surface area contributed by atoms with E-state index in [1.807, 2.05) is 18.3 Å². The maximum Gasteiger partial charge on any atom is 0.119 e. The number of hydrogen-bond acceptors (Lipinski definition) is 4. The van der Waals surface area contributed by atoms with Gasteiger partial charge in [0.05, 0.1) is 30.4 Å². The number of piperazine rings is 1. The molecule has 2 aromatic rings. The molecule has 0 saturated carbocycles. The molecule has 1 N–H and O–H groups in total. The molecule has 1 aliphatic rings. The molecule has 23 heavy (non-hydrogen) atoms. The van der Waals surface area contributed by atoms with Gasteiger partial charge in [0.2, 0.25) is 0 Å². The standard InChI is InChI=1S/C18H26N4O/c1-18(2,3)17-16(21-11-9-19-10-12-21)13-20-22(17)14-5-7-15(23-4)8-6-14/h5-8,13,19H,9-12H2,1-4H3. The van der Waals surface area contributed by atoms with E-state index in [1.54, 1.807) is 7.11 Å². The van der Waals surface area contributed by atoms with Crippen LogP contribution in [-0.4, -0.2) is 43.1 Å². The first kappa shape index (κ1) is 15.9. The second-order valence-corrected chi connectivity index (χ2v) is 6.98. The zero-order valence-corrected chi connectivity index (χ0v) is 14.5. The molecule has 2 heterocycles. The maximum absolute atomic E-state index is 5.26. The molecule has 0 atom stereocenters. The van der Waals surface area contributed by atoms with Gasteiger partial charge in [-0.3, -0.25) is 0 Å². The Bertz CT molecular complexity index is 649. The Balaban J connectivity index is 2.04.